The lowest BCUT2D eigenvalue weighted by Crippen LogP contribution is -1.77. The van der Waals surface area contributed by atoms with Crippen LogP contribution in [0.25, 0.3) is 6.08 Å². The van der Waals surface area contributed by atoms with Crippen molar-refractivity contribution in [2.45, 2.75) is 0 Å². The molecule has 0 spiro atoms. The van der Waals surface area contributed by atoms with E-state index in [4.69, 9.17) is 10.3 Å². The van der Waals surface area contributed by atoms with Gasteiger partial charge in [0, 0.05) is 6.21 Å². The van der Waals surface area contributed by atoms with E-state index in [1.54, 1.807) is 18.4 Å². The first-order chi connectivity index (χ1) is 4.93. The van der Waals surface area contributed by atoms with Gasteiger partial charge in [-0.05, 0) is 24.3 Å². The van der Waals surface area contributed by atoms with E-state index in [1.165, 1.54) is 6.21 Å². The Labute approximate surface area is 58.8 Å². The molecule has 0 aliphatic carbocycles. The van der Waals surface area contributed by atoms with Crippen LogP contribution in [0.4, 0.5) is 0 Å². The maximum absolute atomic E-state index is 4.99. The molecule has 0 unspecified atom stereocenters. The van der Waals surface area contributed by atoms with Gasteiger partial charge in [0.15, 0.2) is 0 Å². The maximum Gasteiger partial charge on any atom is 0.126 e. The molecule has 3 heteroatoms. The fraction of sp³-hybridized carbons (Fsp3) is 0. The molecule has 52 valence electrons. The van der Waals surface area contributed by atoms with E-state index >= 15 is 0 Å². The number of furan rings is 1. The van der Waals surface area contributed by atoms with E-state index < -0.39 is 0 Å². The van der Waals surface area contributed by atoms with Gasteiger partial charge in [-0.25, -0.2) is 0 Å². The van der Waals surface area contributed by atoms with Gasteiger partial charge >= 0.3 is 0 Å². The molecule has 0 bridgehead atoms. The average molecular weight is 136 g/mol. The Hall–Kier alpha value is -1.51. The molecule has 0 saturated carbocycles. The van der Waals surface area contributed by atoms with E-state index in [0.29, 0.717) is 0 Å². The van der Waals surface area contributed by atoms with Crippen molar-refractivity contribution in [2.24, 2.45) is 10.9 Å². The number of hydrazone groups is 1. The summed E-state index contributed by atoms with van der Waals surface area (Å²) in [4.78, 5) is 0. The highest BCUT2D eigenvalue weighted by atomic mass is 16.3. The largest absolute Gasteiger partial charge is 0.465 e. The molecule has 0 fully saturated rings. The standard InChI is InChI=1S/C7H8N2O/c8-9-5-1-3-7-4-2-6-10-7/h1-6H,8H2/b3-1-,9-5+. The van der Waals surface area contributed by atoms with E-state index in [9.17, 15) is 0 Å². The van der Waals surface area contributed by atoms with Crippen molar-refractivity contribution in [2.75, 3.05) is 0 Å². The Morgan fingerprint density at radius 3 is 3.10 bits per heavy atom. The lowest BCUT2D eigenvalue weighted by molar-refractivity contribution is 0.557. The zero-order valence-corrected chi connectivity index (χ0v) is 5.40. The van der Waals surface area contributed by atoms with E-state index in [0.717, 1.165) is 5.76 Å². The zero-order chi connectivity index (χ0) is 7.23. The summed E-state index contributed by atoms with van der Waals surface area (Å²) in [5.74, 6) is 5.65. The molecule has 10 heavy (non-hydrogen) atoms. The SMILES string of the molecule is N/N=C/C=C\c1ccco1. The summed E-state index contributed by atoms with van der Waals surface area (Å²) < 4.78 is 4.99. The molecule has 2 N–H and O–H groups in total. The van der Waals surface area contributed by atoms with Crippen molar-refractivity contribution in [3.63, 3.8) is 0 Å². The molecular formula is C7H8N2O. The van der Waals surface area contributed by atoms with Crippen LogP contribution in [0.15, 0.2) is 34.0 Å². The summed E-state index contributed by atoms with van der Waals surface area (Å²) in [7, 11) is 0. The summed E-state index contributed by atoms with van der Waals surface area (Å²) >= 11 is 0. The van der Waals surface area contributed by atoms with Crippen molar-refractivity contribution >= 4 is 12.3 Å². The Morgan fingerprint density at radius 2 is 2.50 bits per heavy atom. The molecule has 1 heterocycles. The van der Waals surface area contributed by atoms with Crippen molar-refractivity contribution in [1.29, 1.82) is 0 Å². The highest BCUT2D eigenvalue weighted by Crippen LogP contribution is 2.00. The van der Waals surface area contributed by atoms with Crippen molar-refractivity contribution < 1.29 is 4.42 Å². The quantitative estimate of drug-likeness (QED) is 0.377. The average Bonchev–Trinajstić information content (AvgIpc) is 2.41. The second-order valence-corrected chi connectivity index (χ2v) is 1.67. The van der Waals surface area contributed by atoms with Gasteiger partial charge in [0.2, 0.25) is 0 Å². The summed E-state index contributed by atoms with van der Waals surface area (Å²) in [6.45, 7) is 0. The van der Waals surface area contributed by atoms with Crippen LogP contribution < -0.4 is 5.84 Å². The van der Waals surface area contributed by atoms with Gasteiger partial charge in [0.25, 0.3) is 0 Å². The van der Waals surface area contributed by atoms with Crippen LogP contribution >= 0.6 is 0 Å². The summed E-state index contributed by atoms with van der Waals surface area (Å²) in [5, 5.41) is 3.28. The first kappa shape index (κ1) is 6.61. The van der Waals surface area contributed by atoms with Gasteiger partial charge in [-0.2, -0.15) is 5.10 Å². The molecule has 0 aliphatic rings. The molecular weight excluding hydrogens is 128 g/mol. The van der Waals surface area contributed by atoms with E-state index in [1.807, 2.05) is 12.1 Å². The maximum atomic E-state index is 4.99. The lowest BCUT2D eigenvalue weighted by atomic mass is 10.4. The molecule has 1 aromatic heterocycles. The molecule has 0 amide bonds. The normalized spacial score (nSPS) is 11.6. The number of rotatable bonds is 2. The number of hydrogen-bond acceptors (Lipinski definition) is 3. The number of nitrogens with zero attached hydrogens (tertiary/aromatic N) is 1. The Balaban J connectivity index is 2.55. The van der Waals surface area contributed by atoms with Gasteiger partial charge in [0.1, 0.15) is 5.76 Å². The molecule has 0 radical (unpaired) electrons. The van der Waals surface area contributed by atoms with E-state index in [2.05, 4.69) is 5.10 Å². The molecule has 1 rings (SSSR count). The predicted molar refractivity (Wildman–Crippen MR) is 40.4 cm³/mol. The molecule has 0 aromatic carbocycles. The summed E-state index contributed by atoms with van der Waals surface area (Å²) in [5.41, 5.74) is 0. The Morgan fingerprint density at radius 1 is 1.60 bits per heavy atom. The van der Waals surface area contributed by atoms with Crippen LogP contribution in [-0.2, 0) is 0 Å². The molecule has 3 nitrogen and oxygen atoms in total. The zero-order valence-electron chi connectivity index (χ0n) is 5.40. The molecule has 0 saturated heterocycles. The van der Waals surface area contributed by atoms with Gasteiger partial charge in [-0.1, -0.05) is 0 Å². The van der Waals surface area contributed by atoms with Gasteiger partial charge in [-0.15, -0.1) is 0 Å². The summed E-state index contributed by atoms with van der Waals surface area (Å²) in [6, 6.07) is 3.67. The number of allylic oxidation sites excluding steroid dienone is 1. The highest BCUT2D eigenvalue weighted by molar-refractivity contribution is 5.77. The minimum Gasteiger partial charge on any atom is -0.465 e. The van der Waals surface area contributed by atoms with Crippen LogP contribution in [0.5, 0.6) is 0 Å². The minimum atomic E-state index is 0.792. The van der Waals surface area contributed by atoms with Gasteiger partial charge < -0.3 is 10.3 Å². The predicted octanol–water partition coefficient (Wildman–Crippen LogP) is 1.24. The Kier molecular flexibility index (Phi) is 2.31. The number of hydrogen-bond donors (Lipinski definition) is 1. The van der Waals surface area contributed by atoms with Crippen LogP contribution in [0.2, 0.25) is 0 Å². The molecule has 0 atom stereocenters. The fourth-order valence-corrected chi connectivity index (χ4v) is 0.574. The van der Waals surface area contributed by atoms with Gasteiger partial charge in [-0.3, -0.25) is 0 Å². The first-order valence-corrected chi connectivity index (χ1v) is 2.87. The smallest absolute Gasteiger partial charge is 0.126 e. The third-order valence-corrected chi connectivity index (χ3v) is 0.976. The second-order valence-electron chi connectivity index (χ2n) is 1.67. The van der Waals surface area contributed by atoms with E-state index in [-0.39, 0.29) is 0 Å². The minimum absolute atomic E-state index is 0.792. The summed E-state index contributed by atoms with van der Waals surface area (Å²) in [6.07, 6.45) is 6.58. The van der Waals surface area contributed by atoms with Crippen molar-refractivity contribution in [1.82, 2.24) is 0 Å². The van der Waals surface area contributed by atoms with Crippen LogP contribution in [0.1, 0.15) is 5.76 Å². The Bertz CT molecular complexity index is 224. The lowest BCUT2D eigenvalue weighted by Gasteiger charge is -1.77. The first-order valence-electron chi connectivity index (χ1n) is 2.87. The molecule has 0 aliphatic heterocycles. The van der Waals surface area contributed by atoms with Crippen LogP contribution in [0.3, 0.4) is 0 Å². The van der Waals surface area contributed by atoms with Crippen molar-refractivity contribution in [3.8, 4) is 0 Å². The van der Waals surface area contributed by atoms with Crippen LogP contribution in [-0.4, -0.2) is 6.21 Å². The third-order valence-electron chi connectivity index (χ3n) is 0.976. The molecule has 1 aromatic rings. The topological polar surface area (TPSA) is 51.5 Å². The second kappa shape index (κ2) is 3.50. The third kappa shape index (κ3) is 1.78. The fourth-order valence-electron chi connectivity index (χ4n) is 0.574. The van der Waals surface area contributed by atoms with Crippen molar-refractivity contribution in [3.05, 3.63) is 30.2 Å². The monoisotopic (exact) mass is 136 g/mol. The number of nitrogens with two attached hydrogens (primary N) is 1. The highest BCUT2D eigenvalue weighted by Gasteiger charge is 1.83. The van der Waals surface area contributed by atoms with Gasteiger partial charge in [0.05, 0.1) is 6.26 Å². The van der Waals surface area contributed by atoms with Crippen LogP contribution in [0, 0.1) is 0 Å².